The van der Waals surface area contributed by atoms with Crippen molar-refractivity contribution in [3.05, 3.63) is 0 Å². The summed E-state index contributed by atoms with van der Waals surface area (Å²) in [4.78, 5) is 24.7. The first-order valence-corrected chi connectivity index (χ1v) is 6.08. The van der Waals surface area contributed by atoms with Gasteiger partial charge in [-0.25, -0.2) is 0 Å². The molecular formula is C12H21NO3. The van der Waals surface area contributed by atoms with Crippen LogP contribution >= 0.6 is 0 Å². The van der Waals surface area contributed by atoms with Gasteiger partial charge in [0.2, 0.25) is 11.8 Å². The minimum atomic E-state index is -0.921. The van der Waals surface area contributed by atoms with E-state index in [1.165, 1.54) is 4.90 Å². The highest BCUT2D eigenvalue weighted by molar-refractivity contribution is 5.96. The maximum absolute atomic E-state index is 11.7. The van der Waals surface area contributed by atoms with Gasteiger partial charge in [-0.05, 0) is 25.7 Å². The second-order valence-corrected chi connectivity index (χ2v) is 4.51. The number of hydrogen-bond acceptors (Lipinski definition) is 3. The van der Waals surface area contributed by atoms with Gasteiger partial charge in [0.05, 0.1) is 12.1 Å². The number of β-amino-alcohol motifs (C(OH)–C–C–N with tert-alkyl or cyclic N) is 1. The van der Waals surface area contributed by atoms with Gasteiger partial charge in [0.1, 0.15) is 0 Å². The molecule has 1 saturated heterocycles. The van der Waals surface area contributed by atoms with Crippen LogP contribution in [0.3, 0.4) is 0 Å². The average Bonchev–Trinajstić information content (AvgIpc) is 2.44. The summed E-state index contributed by atoms with van der Waals surface area (Å²) in [6, 6.07) is 0. The van der Waals surface area contributed by atoms with E-state index in [9.17, 15) is 14.7 Å². The van der Waals surface area contributed by atoms with E-state index in [0.29, 0.717) is 25.7 Å². The first-order valence-electron chi connectivity index (χ1n) is 6.08. The standard InChI is InChI=1S/C12H21NO3/c1-3-12(16,4-2)9-13-10(14)7-5-6-8-11(13)15/h16H,3-9H2,1-2H3. The molecule has 2 amide bonds. The number of carbonyl (C=O) groups excluding carboxylic acids is 2. The molecule has 1 rings (SSSR count). The predicted octanol–water partition coefficient (Wildman–Crippen LogP) is 1.47. The Kier molecular flexibility index (Phi) is 4.47. The molecule has 1 aliphatic rings. The molecule has 0 bridgehead atoms. The molecular weight excluding hydrogens is 206 g/mol. The zero-order valence-electron chi connectivity index (χ0n) is 10.2. The molecule has 4 nitrogen and oxygen atoms in total. The molecule has 0 unspecified atom stereocenters. The van der Waals surface area contributed by atoms with Crippen LogP contribution in [0.5, 0.6) is 0 Å². The Morgan fingerprint density at radius 2 is 1.56 bits per heavy atom. The van der Waals surface area contributed by atoms with Gasteiger partial charge in [-0.15, -0.1) is 0 Å². The lowest BCUT2D eigenvalue weighted by atomic mass is 9.96. The number of nitrogens with zero attached hydrogens (tertiary/aromatic N) is 1. The predicted molar refractivity (Wildman–Crippen MR) is 60.7 cm³/mol. The van der Waals surface area contributed by atoms with Crippen LogP contribution in [-0.4, -0.2) is 34.0 Å². The molecule has 16 heavy (non-hydrogen) atoms. The van der Waals surface area contributed by atoms with Crippen molar-refractivity contribution in [3.8, 4) is 0 Å². The molecule has 0 aromatic heterocycles. The number of aliphatic hydroxyl groups is 1. The fourth-order valence-electron chi connectivity index (χ4n) is 1.91. The summed E-state index contributed by atoms with van der Waals surface area (Å²) < 4.78 is 0. The molecule has 0 atom stereocenters. The van der Waals surface area contributed by atoms with Crippen molar-refractivity contribution in [1.82, 2.24) is 4.90 Å². The summed E-state index contributed by atoms with van der Waals surface area (Å²) in [6.45, 7) is 3.89. The third-order valence-corrected chi connectivity index (χ3v) is 3.40. The molecule has 1 heterocycles. The molecule has 1 fully saturated rings. The van der Waals surface area contributed by atoms with Gasteiger partial charge in [0.25, 0.3) is 0 Å². The SMILES string of the molecule is CCC(O)(CC)CN1C(=O)CCCCC1=O. The Balaban J connectivity index is 2.75. The summed E-state index contributed by atoms with van der Waals surface area (Å²) >= 11 is 0. The van der Waals surface area contributed by atoms with Crippen LogP contribution in [0, 0.1) is 0 Å². The molecule has 0 saturated carbocycles. The van der Waals surface area contributed by atoms with Gasteiger partial charge in [0, 0.05) is 12.8 Å². The van der Waals surface area contributed by atoms with Gasteiger partial charge in [-0.1, -0.05) is 13.8 Å². The zero-order chi connectivity index (χ0) is 12.2. The highest BCUT2D eigenvalue weighted by atomic mass is 16.3. The second-order valence-electron chi connectivity index (χ2n) is 4.51. The third-order valence-electron chi connectivity index (χ3n) is 3.40. The maximum atomic E-state index is 11.7. The van der Waals surface area contributed by atoms with Crippen molar-refractivity contribution >= 4 is 11.8 Å². The summed E-state index contributed by atoms with van der Waals surface area (Å²) in [7, 11) is 0. The van der Waals surface area contributed by atoms with Crippen LogP contribution in [-0.2, 0) is 9.59 Å². The van der Waals surface area contributed by atoms with Crippen LogP contribution in [0.2, 0.25) is 0 Å². The normalized spacial score (nSPS) is 18.8. The lowest BCUT2D eigenvalue weighted by Gasteiger charge is -2.31. The molecule has 0 spiro atoms. The van der Waals surface area contributed by atoms with Crippen molar-refractivity contribution in [1.29, 1.82) is 0 Å². The van der Waals surface area contributed by atoms with Crippen molar-refractivity contribution in [2.45, 2.75) is 58.0 Å². The van der Waals surface area contributed by atoms with E-state index in [1.54, 1.807) is 0 Å². The van der Waals surface area contributed by atoms with Gasteiger partial charge in [0.15, 0.2) is 0 Å². The fraction of sp³-hybridized carbons (Fsp3) is 0.833. The minimum absolute atomic E-state index is 0.136. The van der Waals surface area contributed by atoms with Crippen molar-refractivity contribution in [2.75, 3.05) is 6.54 Å². The molecule has 0 radical (unpaired) electrons. The van der Waals surface area contributed by atoms with Crippen molar-refractivity contribution in [3.63, 3.8) is 0 Å². The van der Waals surface area contributed by atoms with Crippen molar-refractivity contribution < 1.29 is 14.7 Å². The van der Waals surface area contributed by atoms with E-state index >= 15 is 0 Å². The summed E-state index contributed by atoms with van der Waals surface area (Å²) in [5, 5.41) is 10.2. The number of imide groups is 1. The van der Waals surface area contributed by atoms with Crippen LogP contribution in [0.4, 0.5) is 0 Å². The van der Waals surface area contributed by atoms with E-state index in [4.69, 9.17) is 0 Å². The first kappa shape index (κ1) is 13.2. The van der Waals surface area contributed by atoms with Gasteiger partial charge in [-0.3, -0.25) is 14.5 Å². The Hall–Kier alpha value is -0.900. The van der Waals surface area contributed by atoms with E-state index in [0.717, 1.165) is 12.8 Å². The van der Waals surface area contributed by atoms with Gasteiger partial charge >= 0.3 is 0 Å². The minimum Gasteiger partial charge on any atom is -0.388 e. The van der Waals surface area contributed by atoms with E-state index in [1.807, 2.05) is 13.8 Å². The molecule has 1 aliphatic heterocycles. The highest BCUT2D eigenvalue weighted by Gasteiger charge is 2.32. The Morgan fingerprint density at radius 3 is 1.94 bits per heavy atom. The molecule has 0 aliphatic carbocycles. The zero-order valence-corrected chi connectivity index (χ0v) is 10.2. The summed E-state index contributed by atoms with van der Waals surface area (Å²) in [5.41, 5.74) is -0.921. The maximum Gasteiger partial charge on any atom is 0.229 e. The molecule has 1 N–H and O–H groups in total. The monoisotopic (exact) mass is 227 g/mol. The quantitative estimate of drug-likeness (QED) is 0.740. The topological polar surface area (TPSA) is 57.6 Å². The number of carbonyl (C=O) groups is 2. The second kappa shape index (κ2) is 5.43. The number of amides is 2. The number of likely N-dealkylation sites (tertiary alicyclic amines) is 1. The smallest absolute Gasteiger partial charge is 0.229 e. The Morgan fingerprint density at radius 1 is 1.12 bits per heavy atom. The van der Waals surface area contributed by atoms with E-state index < -0.39 is 5.60 Å². The summed E-state index contributed by atoms with van der Waals surface area (Å²) in [5.74, 6) is -0.273. The van der Waals surface area contributed by atoms with Crippen LogP contribution in [0.25, 0.3) is 0 Å². The van der Waals surface area contributed by atoms with E-state index in [-0.39, 0.29) is 18.4 Å². The lowest BCUT2D eigenvalue weighted by Crippen LogP contribution is -2.47. The molecule has 92 valence electrons. The molecule has 0 aromatic rings. The fourth-order valence-corrected chi connectivity index (χ4v) is 1.91. The van der Waals surface area contributed by atoms with E-state index in [2.05, 4.69) is 0 Å². The largest absolute Gasteiger partial charge is 0.388 e. The highest BCUT2D eigenvalue weighted by Crippen LogP contribution is 2.20. The van der Waals surface area contributed by atoms with Crippen LogP contribution in [0.1, 0.15) is 52.4 Å². The molecule has 0 aromatic carbocycles. The van der Waals surface area contributed by atoms with Crippen LogP contribution in [0.15, 0.2) is 0 Å². The third kappa shape index (κ3) is 3.04. The van der Waals surface area contributed by atoms with Crippen LogP contribution < -0.4 is 0 Å². The average molecular weight is 227 g/mol. The number of hydrogen-bond donors (Lipinski definition) is 1. The lowest BCUT2D eigenvalue weighted by molar-refractivity contribution is -0.148. The van der Waals surface area contributed by atoms with Gasteiger partial charge < -0.3 is 5.11 Å². The Labute approximate surface area is 96.6 Å². The Bertz CT molecular complexity index is 253. The van der Waals surface area contributed by atoms with Gasteiger partial charge in [-0.2, -0.15) is 0 Å². The first-order chi connectivity index (χ1) is 7.52. The van der Waals surface area contributed by atoms with Crippen molar-refractivity contribution in [2.24, 2.45) is 0 Å². The number of rotatable bonds is 4. The molecule has 4 heteroatoms. The summed E-state index contributed by atoms with van der Waals surface area (Å²) in [6.07, 6.45) is 3.52.